The van der Waals surface area contributed by atoms with Gasteiger partial charge in [0.1, 0.15) is 0 Å². The average Bonchev–Trinajstić information content (AvgIpc) is 3.08. The number of ether oxygens (including phenoxy) is 3. The van der Waals surface area contributed by atoms with E-state index in [9.17, 15) is 4.79 Å². The Hall–Kier alpha value is -2.86. The van der Waals surface area contributed by atoms with Crippen molar-refractivity contribution in [1.82, 2.24) is 10.3 Å². The monoisotopic (exact) mass is 388 g/mol. The minimum Gasteiger partial charge on any atom is -0.493 e. The SMILES string of the molecule is COc1cc2[nH]cc(CC(=O)NCc3ccccc3Cl)c2c(OC)c1OC. The van der Waals surface area contributed by atoms with E-state index in [-0.39, 0.29) is 12.3 Å². The smallest absolute Gasteiger partial charge is 0.224 e. The number of hydrogen-bond donors (Lipinski definition) is 2. The van der Waals surface area contributed by atoms with Crippen LogP contribution in [0.3, 0.4) is 0 Å². The summed E-state index contributed by atoms with van der Waals surface area (Å²) in [7, 11) is 4.68. The number of amides is 1. The van der Waals surface area contributed by atoms with Crippen LogP contribution in [-0.2, 0) is 17.8 Å². The van der Waals surface area contributed by atoms with Crippen molar-refractivity contribution in [3.8, 4) is 17.2 Å². The summed E-state index contributed by atoms with van der Waals surface area (Å²) in [5.74, 6) is 1.46. The molecule has 27 heavy (non-hydrogen) atoms. The number of nitrogens with one attached hydrogen (secondary N) is 2. The molecule has 0 radical (unpaired) electrons. The van der Waals surface area contributed by atoms with Crippen molar-refractivity contribution < 1.29 is 19.0 Å². The summed E-state index contributed by atoms with van der Waals surface area (Å²) >= 11 is 6.13. The average molecular weight is 389 g/mol. The molecular weight excluding hydrogens is 368 g/mol. The Morgan fingerprint density at radius 3 is 2.48 bits per heavy atom. The Morgan fingerprint density at radius 1 is 1.07 bits per heavy atom. The summed E-state index contributed by atoms with van der Waals surface area (Å²) in [6, 6.07) is 9.24. The third-order valence-electron chi connectivity index (χ3n) is 4.34. The van der Waals surface area contributed by atoms with Crippen molar-refractivity contribution in [1.29, 1.82) is 0 Å². The zero-order valence-corrected chi connectivity index (χ0v) is 16.1. The van der Waals surface area contributed by atoms with Crippen LogP contribution in [-0.4, -0.2) is 32.2 Å². The van der Waals surface area contributed by atoms with Crippen molar-refractivity contribution in [2.45, 2.75) is 13.0 Å². The number of carbonyl (C=O) groups is 1. The molecule has 0 aliphatic carbocycles. The largest absolute Gasteiger partial charge is 0.493 e. The second kappa shape index (κ2) is 8.22. The lowest BCUT2D eigenvalue weighted by molar-refractivity contribution is -0.120. The molecule has 0 atom stereocenters. The summed E-state index contributed by atoms with van der Waals surface area (Å²) in [5.41, 5.74) is 2.48. The Bertz CT molecular complexity index is 968. The highest BCUT2D eigenvalue weighted by Gasteiger charge is 2.20. The lowest BCUT2D eigenvalue weighted by Crippen LogP contribution is -2.24. The number of fused-ring (bicyclic) bond motifs is 1. The first-order valence-electron chi connectivity index (χ1n) is 8.38. The Labute approximate surface area is 162 Å². The van der Waals surface area contributed by atoms with E-state index < -0.39 is 0 Å². The van der Waals surface area contributed by atoms with Crippen LogP contribution in [0, 0.1) is 0 Å². The number of carbonyl (C=O) groups excluding carboxylic acids is 1. The van der Waals surface area contributed by atoms with Gasteiger partial charge in [-0.25, -0.2) is 0 Å². The maximum absolute atomic E-state index is 12.5. The topological polar surface area (TPSA) is 72.6 Å². The minimum absolute atomic E-state index is 0.118. The van der Waals surface area contributed by atoms with Gasteiger partial charge < -0.3 is 24.5 Å². The molecule has 0 aliphatic heterocycles. The molecule has 0 unspecified atom stereocenters. The number of aromatic amines is 1. The molecule has 3 rings (SSSR count). The van der Waals surface area contributed by atoms with Gasteiger partial charge in [-0.15, -0.1) is 0 Å². The Balaban J connectivity index is 1.84. The van der Waals surface area contributed by atoms with Crippen molar-refractivity contribution in [3.63, 3.8) is 0 Å². The van der Waals surface area contributed by atoms with Crippen LogP contribution in [0.1, 0.15) is 11.1 Å². The van der Waals surface area contributed by atoms with Crippen LogP contribution in [0.4, 0.5) is 0 Å². The van der Waals surface area contributed by atoms with E-state index in [4.69, 9.17) is 25.8 Å². The molecule has 2 N–H and O–H groups in total. The van der Waals surface area contributed by atoms with Crippen molar-refractivity contribution >= 4 is 28.4 Å². The minimum atomic E-state index is -0.118. The first-order chi connectivity index (χ1) is 13.1. The number of methoxy groups -OCH3 is 3. The molecule has 3 aromatic rings. The predicted octanol–water partition coefficient (Wildman–Crippen LogP) is 3.71. The maximum Gasteiger partial charge on any atom is 0.224 e. The van der Waals surface area contributed by atoms with E-state index >= 15 is 0 Å². The maximum atomic E-state index is 12.5. The van der Waals surface area contributed by atoms with Gasteiger partial charge in [0.15, 0.2) is 11.5 Å². The lowest BCUT2D eigenvalue weighted by Gasteiger charge is -2.14. The normalized spacial score (nSPS) is 10.7. The standard InChI is InChI=1S/C20H21ClN2O4/c1-25-16-9-15-18(20(27-3)19(16)26-2)13(11-22-15)8-17(24)23-10-12-6-4-5-7-14(12)21/h4-7,9,11,22H,8,10H2,1-3H3,(H,23,24). The van der Waals surface area contributed by atoms with E-state index in [2.05, 4.69) is 10.3 Å². The van der Waals surface area contributed by atoms with E-state index in [1.54, 1.807) is 33.6 Å². The molecule has 0 spiro atoms. The van der Waals surface area contributed by atoms with Gasteiger partial charge >= 0.3 is 0 Å². The summed E-state index contributed by atoms with van der Waals surface area (Å²) in [6.07, 6.45) is 1.98. The fraction of sp³-hybridized carbons (Fsp3) is 0.250. The van der Waals surface area contributed by atoms with E-state index in [0.29, 0.717) is 28.8 Å². The molecule has 1 amide bonds. The van der Waals surface area contributed by atoms with Gasteiger partial charge in [0.2, 0.25) is 11.7 Å². The first kappa shape index (κ1) is 18.9. The van der Waals surface area contributed by atoms with Crippen LogP contribution in [0.25, 0.3) is 10.9 Å². The van der Waals surface area contributed by atoms with Gasteiger partial charge in [-0.05, 0) is 17.2 Å². The molecule has 2 aromatic carbocycles. The van der Waals surface area contributed by atoms with Gasteiger partial charge in [0.25, 0.3) is 0 Å². The molecule has 0 saturated carbocycles. The zero-order valence-electron chi connectivity index (χ0n) is 15.4. The van der Waals surface area contributed by atoms with Crippen molar-refractivity contribution in [2.75, 3.05) is 21.3 Å². The molecule has 6 nitrogen and oxygen atoms in total. The fourth-order valence-electron chi connectivity index (χ4n) is 3.04. The number of rotatable bonds is 7. The van der Waals surface area contributed by atoms with Crippen LogP contribution in [0.5, 0.6) is 17.2 Å². The van der Waals surface area contributed by atoms with Crippen LogP contribution < -0.4 is 19.5 Å². The number of halogens is 1. The Morgan fingerprint density at radius 2 is 1.81 bits per heavy atom. The lowest BCUT2D eigenvalue weighted by atomic mass is 10.1. The van der Waals surface area contributed by atoms with Gasteiger partial charge in [0.05, 0.1) is 33.3 Å². The third kappa shape index (κ3) is 3.80. The highest BCUT2D eigenvalue weighted by Crippen LogP contribution is 2.44. The van der Waals surface area contributed by atoms with E-state index in [0.717, 1.165) is 22.0 Å². The summed E-state index contributed by atoms with van der Waals surface area (Å²) < 4.78 is 16.3. The molecule has 7 heteroatoms. The highest BCUT2D eigenvalue weighted by molar-refractivity contribution is 6.31. The van der Waals surface area contributed by atoms with Crippen LogP contribution in [0.2, 0.25) is 5.02 Å². The van der Waals surface area contributed by atoms with E-state index in [1.807, 2.05) is 24.3 Å². The van der Waals surface area contributed by atoms with Gasteiger partial charge in [0, 0.05) is 29.2 Å². The van der Waals surface area contributed by atoms with Crippen LogP contribution in [0.15, 0.2) is 36.5 Å². The summed E-state index contributed by atoms with van der Waals surface area (Å²) in [6.45, 7) is 0.370. The predicted molar refractivity (Wildman–Crippen MR) is 105 cm³/mol. The molecule has 1 heterocycles. The molecule has 0 saturated heterocycles. The van der Waals surface area contributed by atoms with Crippen LogP contribution >= 0.6 is 11.6 Å². The summed E-state index contributed by atoms with van der Waals surface area (Å²) in [5, 5.41) is 4.32. The van der Waals surface area contributed by atoms with Gasteiger partial charge in [-0.2, -0.15) is 0 Å². The fourth-order valence-corrected chi connectivity index (χ4v) is 3.24. The second-order valence-corrected chi connectivity index (χ2v) is 6.33. The number of aromatic nitrogens is 1. The van der Waals surface area contributed by atoms with Crippen molar-refractivity contribution in [2.24, 2.45) is 0 Å². The van der Waals surface area contributed by atoms with Gasteiger partial charge in [-0.1, -0.05) is 29.8 Å². The molecule has 0 aliphatic rings. The molecule has 142 valence electrons. The summed E-state index contributed by atoms with van der Waals surface area (Å²) in [4.78, 5) is 15.6. The van der Waals surface area contributed by atoms with E-state index in [1.165, 1.54) is 0 Å². The number of H-pyrrole nitrogens is 1. The zero-order chi connectivity index (χ0) is 19.4. The third-order valence-corrected chi connectivity index (χ3v) is 4.71. The molecule has 1 aromatic heterocycles. The number of hydrogen-bond acceptors (Lipinski definition) is 4. The van der Waals surface area contributed by atoms with Crippen molar-refractivity contribution in [3.05, 3.63) is 52.7 Å². The quantitative estimate of drug-likeness (QED) is 0.647. The Kier molecular flexibility index (Phi) is 5.76. The molecular formula is C20H21ClN2O4. The molecule has 0 bridgehead atoms. The molecule has 0 fully saturated rings. The number of benzene rings is 2. The highest BCUT2D eigenvalue weighted by atomic mass is 35.5. The first-order valence-corrected chi connectivity index (χ1v) is 8.75. The second-order valence-electron chi connectivity index (χ2n) is 5.93. The van der Waals surface area contributed by atoms with Gasteiger partial charge in [-0.3, -0.25) is 4.79 Å².